The summed E-state index contributed by atoms with van der Waals surface area (Å²) >= 11 is 0. The second-order valence-corrected chi connectivity index (χ2v) is 3.17. The molecule has 0 amide bonds. The Morgan fingerprint density at radius 1 is 1.77 bits per heavy atom. The van der Waals surface area contributed by atoms with Crippen LogP contribution in [0.1, 0.15) is 12.8 Å². The van der Waals surface area contributed by atoms with E-state index in [9.17, 15) is 13.6 Å². The Morgan fingerprint density at radius 2 is 2.38 bits per heavy atom. The summed E-state index contributed by atoms with van der Waals surface area (Å²) in [4.78, 5) is 10.3. The first-order valence-electron chi connectivity index (χ1n) is 3.88. The van der Waals surface area contributed by atoms with Gasteiger partial charge in [0.15, 0.2) is 0 Å². The zero-order chi connectivity index (χ0) is 10.1. The lowest BCUT2D eigenvalue weighted by molar-refractivity contribution is -0.139. The number of nitrogens with two attached hydrogens (primary N) is 1. The number of carboxylic acids is 1. The first kappa shape index (κ1) is 10.3. The maximum absolute atomic E-state index is 12.5. The summed E-state index contributed by atoms with van der Waals surface area (Å²) < 4.78 is 29.8. The molecule has 1 fully saturated rings. The third-order valence-electron chi connectivity index (χ3n) is 1.89. The van der Waals surface area contributed by atoms with Gasteiger partial charge in [0.05, 0.1) is 6.10 Å². The lowest BCUT2D eigenvalue weighted by Crippen LogP contribution is -2.34. The van der Waals surface area contributed by atoms with Crippen molar-refractivity contribution in [3.63, 3.8) is 0 Å². The maximum Gasteiger partial charge on any atom is 0.320 e. The molecule has 1 heterocycles. The van der Waals surface area contributed by atoms with Gasteiger partial charge in [0.2, 0.25) is 0 Å². The molecule has 76 valence electrons. The SMILES string of the molecule is N[C@H](CC1CC(F)(F)CO1)C(=O)O. The summed E-state index contributed by atoms with van der Waals surface area (Å²) in [6.45, 7) is -0.635. The molecule has 0 aromatic rings. The largest absolute Gasteiger partial charge is 0.480 e. The smallest absolute Gasteiger partial charge is 0.320 e. The van der Waals surface area contributed by atoms with Crippen LogP contribution < -0.4 is 5.73 Å². The molecule has 0 saturated carbocycles. The van der Waals surface area contributed by atoms with Crippen molar-refractivity contribution in [1.29, 1.82) is 0 Å². The zero-order valence-corrected chi connectivity index (χ0v) is 6.87. The molecule has 1 saturated heterocycles. The highest BCUT2D eigenvalue weighted by Crippen LogP contribution is 2.31. The summed E-state index contributed by atoms with van der Waals surface area (Å²) in [5.74, 6) is -4.03. The average Bonchev–Trinajstić information content (AvgIpc) is 2.30. The van der Waals surface area contributed by atoms with Crippen molar-refractivity contribution >= 4 is 5.97 Å². The summed E-state index contributed by atoms with van der Waals surface area (Å²) in [6.07, 6.45) is -1.24. The minimum Gasteiger partial charge on any atom is -0.480 e. The monoisotopic (exact) mass is 195 g/mol. The van der Waals surface area contributed by atoms with E-state index in [4.69, 9.17) is 15.6 Å². The first-order valence-corrected chi connectivity index (χ1v) is 3.88. The van der Waals surface area contributed by atoms with Crippen LogP contribution in [0.15, 0.2) is 0 Å². The van der Waals surface area contributed by atoms with Crippen molar-refractivity contribution in [3.05, 3.63) is 0 Å². The van der Waals surface area contributed by atoms with Gasteiger partial charge in [-0.2, -0.15) is 0 Å². The number of rotatable bonds is 3. The number of carbonyl (C=O) groups is 1. The Morgan fingerprint density at radius 3 is 2.77 bits per heavy atom. The molecule has 0 spiro atoms. The summed E-state index contributed by atoms with van der Waals surface area (Å²) in [7, 11) is 0. The number of hydrogen-bond acceptors (Lipinski definition) is 3. The number of alkyl halides is 2. The fraction of sp³-hybridized carbons (Fsp3) is 0.857. The van der Waals surface area contributed by atoms with E-state index in [2.05, 4.69) is 0 Å². The molecule has 1 aliphatic rings. The van der Waals surface area contributed by atoms with Gasteiger partial charge < -0.3 is 15.6 Å². The molecule has 0 aromatic carbocycles. The van der Waals surface area contributed by atoms with E-state index in [-0.39, 0.29) is 6.42 Å². The fourth-order valence-electron chi connectivity index (χ4n) is 1.23. The van der Waals surface area contributed by atoms with Gasteiger partial charge in [0, 0.05) is 6.42 Å². The van der Waals surface area contributed by atoms with E-state index in [0.717, 1.165) is 0 Å². The molecule has 1 rings (SSSR count). The van der Waals surface area contributed by atoms with Crippen LogP contribution in [0.2, 0.25) is 0 Å². The first-order chi connectivity index (χ1) is 5.91. The summed E-state index contributed by atoms with van der Waals surface area (Å²) in [5, 5.41) is 8.40. The van der Waals surface area contributed by atoms with Crippen LogP contribution in [0.25, 0.3) is 0 Å². The maximum atomic E-state index is 12.5. The number of carboxylic acid groups (broad SMARTS) is 1. The second kappa shape index (κ2) is 3.55. The van der Waals surface area contributed by atoms with Crippen LogP contribution in [0.4, 0.5) is 8.78 Å². The quantitative estimate of drug-likeness (QED) is 0.675. The molecule has 0 aliphatic carbocycles. The molecular weight excluding hydrogens is 184 g/mol. The predicted octanol–water partition coefficient (Wildman–Crippen LogP) is 0.213. The highest BCUT2D eigenvalue weighted by Gasteiger charge is 2.41. The van der Waals surface area contributed by atoms with Gasteiger partial charge in [-0.15, -0.1) is 0 Å². The van der Waals surface area contributed by atoms with Crippen molar-refractivity contribution in [3.8, 4) is 0 Å². The predicted molar refractivity (Wildman–Crippen MR) is 39.5 cm³/mol. The third-order valence-corrected chi connectivity index (χ3v) is 1.89. The van der Waals surface area contributed by atoms with Crippen LogP contribution in [0.5, 0.6) is 0 Å². The van der Waals surface area contributed by atoms with Crippen LogP contribution in [0.3, 0.4) is 0 Å². The van der Waals surface area contributed by atoms with Gasteiger partial charge >= 0.3 is 5.97 Å². The minimum atomic E-state index is -2.83. The molecule has 6 heteroatoms. The van der Waals surface area contributed by atoms with Crippen molar-refractivity contribution in [1.82, 2.24) is 0 Å². The fourth-order valence-corrected chi connectivity index (χ4v) is 1.23. The number of halogens is 2. The molecule has 0 bridgehead atoms. The molecule has 1 aliphatic heterocycles. The lowest BCUT2D eigenvalue weighted by Gasteiger charge is -2.11. The molecule has 0 aromatic heterocycles. The Balaban J connectivity index is 2.36. The second-order valence-electron chi connectivity index (χ2n) is 3.17. The molecule has 3 N–H and O–H groups in total. The van der Waals surface area contributed by atoms with Gasteiger partial charge in [-0.1, -0.05) is 0 Å². The molecule has 1 unspecified atom stereocenters. The van der Waals surface area contributed by atoms with Crippen LogP contribution in [-0.2, 0) is 9.53 Å². The van der Waals surface area contributed by atoms with E-state index in [1.807, 2.05) is 0 Å². The number of ether oxygens (including phenoxy) is 1. The highest BCUT2D eigenvalue weighted by atomic mass is 19.3. The number of hydrogen-bond donors (Lipinski definition) is 2. The van der Waals surface area contributed by atoms with E-state index >= 15 is 0 Å². The van der Waals surface area contributed by atoms with Gasteiger partial charge in [-0.3, -0.25) is 4.79 Å². The molecular formula is C7H11F2NO3. The minimum absolute atomic E-state index is 0.0646. The summed E-state index contributed by atoms with van der Waals surface area (Å²) in [6, 6.07) is -1.13. The Bertz CT molecular complexity index is 210. The molecule has 13 heavy (non-hydrogen) atoms. The molecule has 4 nitrogen and oxygen atoms in total. The average molecular weight is 195 g/mol. The summed E-state index contributed by atoms with van der Waals surface area (Å²) in [5.41, 5.74) is 5.16. The standard InChI is InChI=1S/C7H11F2NO3/c8-7(9)2-4(13-3-7)1-5(10)6(11)12/h4-5H,1-3,10H2,(H,11,12)/t4?,5-/m1/s1. The molecule has 0 radical (unpaired) electrons. The Kier molecular flexibility index (Phi) is 2.82. The highest BCUT2D eigenvalue weighted by molar-refractivity contribution is 5.73. The van der Waals surface area contributed by atoms with Crippen molar-refractivity contribution in [2.24, 2.45) is 5.73 Å². The lowest BCUT2D eigenvalue weighted by atomic mass is 10.1. The normalized spacial score (nSPS) is 28.7. The van der Waals surface area contributed by atoms with Gasteiger partial charge in [0.25, 0.3) is 5.92 Å². The zero-order valence-electron chi connectivity index (χ0n) is 6.87. The van der Waals surface area contributed by atoms with Crippen LogP contribution >= 0.6 is 0 Å². The van der Waals surface area contributed by atoms with E-state index < -0.39 is 37.1 Å². The topological polar surface area (TPSA) is 72.5 Å². The van der Waals surface area contributed by atoms with Gasteiger partial charge in [0.1, 0.15) is 12.6 Å². The van der Waals surface area contributed by atoms with Crippen molar-refractivity contribution in [2.45, 2.75) is 30.9 Å². The molecule has 2 atom stereocenters. The Hall–Kier alpha value is -0.750. The van der Waals surface area contributed by atoms with Gasteiger partial charge in [-0.25, -0.2) is 8.78 Å². The van der Waals surface area contributed by atoms with Crippen LogP contribution in [-0.4, -0.2) is 35.8 Å². The van der Waals surface area contributed by atoms with Crippen LogP contribution in [0, 0.1) is 0 Å². The van der Waals surface area contributed by atoms with E-state index in [1.54, 1.807) is 0 Å². The number of aliphatic carboxylic acids is 1. The Labute approximate surface area is 73.7 Å². The van der Waals surface area contributed by atoms with E-state index in [1.165, 1.54) is 0 Å². The third kappa shape index (κ3) is 2.89. The van der Waals surface area contributed by atoms with Crippen molar-refractivity contribution < 1.29 is 23.4 Å². The van der Waals surface area contributed by atoms with Crippen molar-refractivity contribution in [2.75, 3.05) is 6.61 Å². The van der Waals surface area contributed by atoms with E-state index in [0.29, 0.717) is 0 Å². The van der Waals surface area contributed by atoms with Gasteiger partial charge in [-0.05, 0) is 6.42 Å².